The van der Waals surface area contributed by atoms with Crippen LogP contribution in [0.3, 0.4) is 0 Å². The second kappa shape index (κ2) is 9.39. The van der Waals surface area contributed by atoms with Crippen LogP contribution in [0, 0.1) is 11.3 Å². The normalized spacial score (nSPS) is 15.5. The van der Waals surface area contributed by atoms with Gasteiger partial charge in [-0.3, -0.25) is 0 Å². The van der Waals surface area contributed by atoms with Gasteiger partial charge in [-0.1, -0.05) is 6.07 Å². The first kappa shape index (κ1) is 22.0. The molecule has 0 saturated heterocycles. The summed E-state index contributed by atoms with van der Waals surface area (Å²) in [5.74, 6) is -0.468. The van der Waals surface area contributed by atoms with E-state index < -0.39 is 18.2 Å². The molecule has 0 bridgehead atoms. The lowest BCUT2D eigenvalue weighted by Crippen LogP contribution is -2.29. The second-order valence-electron chi connectivity index (χ2n) is 7.17. The Morgan fingerprint density at radius 3 is 2.58 bits per heavy atom. The molecule has 1 unspecified atom stereocenters. The van der Waals surface area contributed by atoms with Gasteiger partial charge in [0.1, 0.15) is 12.1 Å². The fourth-order valence-electron chi connectivity index (χ4n) is 3.43. The maximum Gasteiger partial charge on any atom is 0.533 e. The number of hydrogen-bond acceptors (Lipinski definition) is 7. The monoisotopic (exact) mass is 423 g/mol. The van der Waals surface area contributed by atoms with E-state index in [1.807, 2.05) is 42.8 Å². The highest BCUT2D eigenvalue weighted by Crippen LogP contribution is 2.33. The Bertz CT molecular complexity index is 1090. The smallest absolute Gasteiger partial charge is 0.462 e. The van der Waals surface area contributed by atoms with E-state index in [4.69, 9.17) is 14.3 Å². The lowest BCUT2D eigenvalue weighted by Gasteiger charge is -2.29. The number of ether oxygens (including phenoxy) is 2. The van der Waals surface area contributed by atoms with E-state index in [2.05, 4.69) is 6.07 Å². The molecule has 1 aliphatic heterocycles. The Kier molecular flexibility index (Phi) is 6.65. The molecule has 8 heteroatoms. The standard InChI is InChI=1S/C23H25N3O5/c1-5-29-22(27)17-9-10-26(31-23(28)30-6-2)21(12-17)16-7-8-20-19(11-16)18(13-24)14-25(20)15(3)4/h7-12,14-15,21H,5-6H2,1-4H3. The first-order valence-corrected chi connectivity index (χ1v) is 10.1. The van der Waals surface area contributed by atoms with Crippen molar-refractivity contribution in [3.05, 3.63) is 59.4 Å². The van der Waals surface area contributed by atoms with Crippen LogP contribution in [0.5, 0.6) is 0 Å². The van der Waals surface area contributed by atoms with Gasteiger partial charge in [-0.05, 0) is 57.5 Å². The minimum Gasteiger partial charge on any atom is -0.462 e. The van der Waals surface area contributed by atoms with Crippen molar-refractivity contribution in [1.82, 2.24) is 9.63 Å². The molecule has 31 heavy (non-hydrogen) atoms. The number of benzene rings is 1. The highest BCUT2D eigenvalue weighted by Gasteiger charge is 2.27. The van der Waals surface area contributed by atoms with E-state index in [0.717, 1.165) is 16.5 Å². The summed E-state index contributed by atoms with van der Waals surface area (Å²) >= 11 is 0. The van der Waals surface area contributed by atoms with Gasteiger partial charge in [0.2, 0.25) is 0 Å². The molecular formula is C23H25N3O5. The van der Waals surface area contributed by atoms with Gasteiger partial charge in [-0.2, -0.15) is 10.3 Å². The first-order valence-electron chi connectivity index (χ1n) is 10.1. The molecule has 0 saturated carbocycles. The number of hydroxylamine groups is 2. The number of rotatable bonds is 6. The highest BCUT2D eigenvalue weighted by molar-refractivity contribution is 5.92. The third-order valence-corrected chi connectivity index (χ3v) is 4.84. The fraction of sp³-hybridized carbons (Fsp3) is 0.348. The van der Waals surface area contributed by atoms with E-state index in [9.17, 15) is 14.9 Å². The average molecular weight is 423 g/mol. The Balaban J connectivity index is 2.06. The molecule has 1 aliphatic rings. The first-order chi connectivity index (χ1) is 14.9. The van der Waals surface area contributed by atoms with E-state index in [1.54, 1.807) is 19.9 Å². The van der Waals surface area contributed by atoms with Crippen LogP contribution in [0.4, 0.5) is 4.79 Å². The Morgan fingerprint density at radius 2 is 1.94 bits per heavy atom. The number of carbonyl (C=O) groups is 2. The van der Waals surface area contributed by atoms with Crippen LogP contribution < -0.4 is 0 Å². The zero-order valence-corrected chi connectivity index (χ0v) is 18.0. The van der Waals surface area contributed by atoms with Crippen LogP contribution in [0.15, 0.2) is 48.3 Å². The summed E-state index contributed by atoms with van der Waals surface area (Å²) in [6.45, 7) is 7.92. The van der Waals surface area contributed by atoms with Crippen LogP contribution in [0.25, 0.3) is 10.9 Å². The van der Waals surface area contributed by atoms with Crippen LogP contribution in [0.2, 0.25) is 0 Å². The molecule has 3 rings (SSSR count). The molecule has 162 valence electrons. The molecule has 1 aromatic carbocycles. The topological polar surface area (TPSA) is 93.8 Å². The van der Waals surface area contributed by atoms with Gasteiger partial charge in [0.05, 0.1) is 24.4 Å². The van der Waals surface area contributed by atoms with Crippen LogP contribution in [-0.2, 0) is 19.1 Å². The van der Waals surface area contributed by atoms with Crippen molar-refractivity contribution in [1.29, 1.82) is 5.26 Å². The number of esters is 1. The third-order valence-electron chi connectivity index (χ3n) is 4.84. The van der Waals surface area contributed by atoms with Crippen LogP contribution in [-0.4, -0.2) is 35.0 Å². The van der Waals surface area contributed by atoms with Gasteiger partial charge >= 0.3 is 12.1 Å². The maximum absolute atomic E-state index is 12.3. The van der Waals surface area contributed by atoms with Crippen LogP contribution >= 0.6 is 0 Å². The van der Waals surface area contributed by atoms with E-state index in [-0.39, 0.29) is 19.3 Å². The Morgan fingerprint density at radius 1 is 1.19 bits per heavy atom. The van der Waals surface area contributed by atoms with Gasteiger partial charge in [0, 0.05) is 29.3 Å². The zero-order chi connectivity index (χ0) is 22.5. The molecule has 2 heterocycles. The van der Waals surface area contributed by atoms with E-state index in [1.165, 1.54) is 17.3 Å². The number of hydrogen-bond donors (Lipinski definition) is 0. The molecule has 2 aromatic rings. The summed E-state index contributed by atoms with van der Waals surface area (Å²) < 4.78 is 12.0. The van der Waals surface area contributed by atoms with Crippen molar-refractivity contribution < 1.29 is 23.9 Å². The number of carbonyl (C=O) groups excluding carboxylic acids is 2. The number of nitrogens with zero attached hydrogens (tertiary/aromatic N) is 3. The Labute approximate surface area is 180 Å². The van der Waals surface area contributed by atoms with Crippen molar-refractivity contribution in [3.63, 3.8) is 0 Å². The molecule has 0 spiro atoms. The van der Waals surface area contributed by atoms with Gasteiger partial charge < -0.3 is 18.9 Å². The highest BCUT2D eigenvalue weighted by atomic mass is 16.8. The predicted molar refractivity (Wildman–Crippen MR) is 114 cm³/mol. The summed E-state index contributed by atoms with van der Waals surface area (Å²) in [7, 11) is 0. The number of aromatic nitrogens is 1. The van der Waals surface area contributed by atoms with Crippen molar-refractivity contribution >= 4 is 23.0 Å². The predicted octanol–water partition coefficient (Wildman–Crippen LogP) is 4.54. The summed E-state index contributed by atoms with van der Waals surface area (Å²) in [4.78, 5) is 29.5. The van der Waals surface area contributed by atoms with Crippen molar-refractivity contribution in [2.75, 3.05) is 13.2 Å². The molecule has 0 amide bonds. The number of nitriles is 1. The van der Waals surface area contributed by atoms with Gasteiger partial charge in [-0.25, -0.2) is 9.59 Å². The largest absolute Gasteiger partial charge is 0.533 e. The summed E-state index contributed by atoms with van der Waals surface area (Å²) in [6, 6.07) is 7.49. The summed E-state index contributed by atoms with van der Waals surface area (Å²) in [6.07, 6.45) is 5.64. The average Bonchev–Trinajstić information content (AvgIpc) is 3.12. The third kappa shape index (κ3) is 4.56. The molecule has 8 nitrogen and oxygen atoms in total. The van der Waals surface area contributed by atoms with Crippen LogP contribution in [0.1, 0.15) is 50.9 Å². The quantitative estimate of drug-likeness (QED) is 0.630. The van der Waals surface area contributed by atoms with E-state index in [0.29, 0.717) is 11.1 Å². The molecule has 0 radical (unpaired) electrons. The maximum atomic E-state index is 12.3. The molecular weight excluding hydrogens is 398 g/mol. The zero-order valence-electron chi connectivity index (χ0n) is 18.0. The SMILES string of the molecule is CCOC(=O)ON1C=CC(C(=O)OCC)=CC1c1ccc2c(c1)c(C#N)cn2C(C)C. The summed E-state index contributed by atoms with van der Waals surface area (Å²) in [5.41, 5.74) is 2.55. The second-order valence-corrected chi connectivity index (χ2v) is 7.17. The lowest BCUT2D eigenvalue weighted by molar-refractivity contribution is -0.138. The minimum atomic E-state index is -0.852. The van der Waals surface area contributed by atoms with Gasteiger partial charge in [0.25, 0.3) is 0 Å². The molecule has 0 aliphatic carbocycles. The molecule has 1 atom stereocenters. The fourth-order valence-corrected chi connectivity index (χ4v) is 3.43. The molecule has 0 fully saturated rings. The molecule has 0 N–H and O–H groups in total. The molecule has 1 aromatic heterocycles. The lowest BCUT2D eigenvalue weighted by atomic mass is 9.99. The van der Waals surface area contributed by atoms with Crippen molar-refractivity contribution in [2.24, 2.45) is 0 Å². The summed E-state index contributed by atoms with van der Waals surface area (Å²) in [5, 5.41) is 11.7. The number of fused-ring (bicyclic) bond motifs is 1. The Hall–Kier alpha value is -3.73. The van der Waals surface area contributed by atoms with Gasteiger partial charge in [-0.15, -0.1) is 0 Å². The minimum absolute atomic E-state index is 0.172. The van der Waals surface area contributed by atoms with Crippen molar-refractivity contribution in [2.45, 2.75) is 39.8 Å². The van der Waals surface area contributed by atoms with Crippen molar-refractivity contribution in [3.8, 4) is 6.07 Å². The van der Waals surface area contributed by atoms with Gasteiger partial charge in [0.15, 0.2) is 0 Å². The van der Waals surface area contributed by atoms with E-state index >= 15 is 0 Å².